The molecule has 0 bridgehead atoms. The normalized spacial score (nSPS) is 16.1. The topological polar surface area (TPSA) is 29.1 Å². The first-order valence-corrected chi connectivity index (χ1v) is 5.19. The maximum atomic E-state index is 11.1. The fourth-order valence-electron chi connectivity index (χ4n) is 1.05. The van der Waals surface area contributed by atoms with Crippen LogP contribution >= 0.6 is 11.6 Å². The highest BCUT2D eigenvalue weighted by Crippen LogP contribution is 2.27. The molecule has 0 aromatic carbocycles. The molecule has 0 heterocycles. The van der Waals surface area contributed by atoms with Gasteiger partial charge in [-0.1, -0.05) is 0 Å². The van der Waals surface area contributed by atoms with E-state index >= 15 is 0 Å². The van der Waals surface area contributed by atoms with Crippen LogP contribution in [-0.4, -0.2) is 18.3 Å². The van der Waals surface area contributed by atoms with Gasteiger partial charge in [0.15, 0.2) is 0 Å². The number of hydrogen-bond acceptors (Lipinski definition) is 1. The molecule has 0 saturated heterocycles. The van der Waals surface area contributed by atoms with Crippen molar-refractivity contribution in [3.05, 3.63) is 0 Å². The summed E-state index contributed by atoms with van der Waals surface area (Å²) in [6.07, 6.45) is 5.09. The highest BCUT2D eigenvalue weighted by atomic mass is 35.5. The highest BCUT2D eigenvalue weighted by molar-refractivity contribution is 6.17. The third kappa shape index (κ3) is 4.60. The predicted molar refractivity (Wildman–Crippen MR) is 50.3 cm³/mol. The lowest BCUT2D eigenvalue weighted by atomic mass is 10.2. The molecule has 1 N–H and O–H groups in total. The first-order valence-electron chi connectivity index (χ1n) is 4.65. The summed E-state index contributed by atoms with van der Waals surface area (Å²) in [5.74, 6) is 1.63. The fourth-order valence-corrected chi connectivity index (χ4v) is 1.24. The van der Waals surface area contributed by atoms with Crippen molar-refractivity contribution in [1.82, 2.24) is 5.32 Å². The average Bonchev–Trinajstić information content (AvgIpc) is 2.84. The number of halogens is 1. The van der Waals surface area contributed by atoms with E-state index in [2.05, 4.69) is 5.32 Å². The molecule has 1 saturated carbocycles. The van der Waals surface area contributed by atoms with E-state index in [-0.39, 0.29) is 5.91 Å². The standard InChI is InChI=1S/C9H16ClNO/c10-6-2-1-3-9(12)11-7-8-4-5-8/h8H,1-7H2,(H,11,12). The molecule has 1 aliphatic carbocycles. The summed E-state index contributed by atoms with van der Waals surface area (Å²) < 4.78 is 0. The van der Waals surface area contributed by atoms with E-state index in [1.165, 1.54) is 12.8 Å². The van der Waals surface area contributed by atoms with Crippen LogP contribution in [0.4, 0.5) is 0 Å². The zero-order valence-electron chi connectivity index (χ0n) is 7.31. The number of carbonyl (C=O) groups excluding carboxylic acids is 1. The van der Waals surface area contributed by atoms with Crippen molar-refractivity contribution in [2.24, 2.45) is 5.92 Å². The van der Waals surface area contributed by atoms with Gasteiger partial charge in [-0.05, 0) is 31.6 Å². The molecule has 12 heavy (non-hydrogen) atoms. The van der Waals surface area contributed by atoms with Crippen molar-refractivity contribution >= 4 is 17.5 Å². The average molecular weight is 190 g/mol. The van der Waals surface area contributed by atoms with Crippen molar-refractivity contribution in [2.75, 3.05) is 12.4 Å². The smallest absolute Gasteiger partial charge is 0.220 e. The van der Waals surface area contributed by atoms with E-state index in [1.807, 2.05) is 0 Å². The molecule has 0 atom stereocenters. The lowest BCUT2D eigenvalue weighted by molar-refractivity contribution is -0.121. The van der Waals surface area contributed by atoms with E-state index < -0.39 is 0 Å². The lowest BCUT2D eigenvalue weighted by Gasteiger charge is -2.02. The van der Waals surface area contributed by atoms with Gasteiger partial charge in [0.05, 0.1) is 0 Å². The summed E-state index contributed by atoms with van der Waals surface area (Å²) in [6, 6.07) is 0. The number of nitrogens with one attached hydrogen (secondary N) is 1. The molecule has 0 spiro atoms. The van der Waals surface area contributed by atoms with Gasteiger partial charge in [-0.15, -0.1) is 11.6 Å². The number of alkyl halides is 1. The molecule has 1 amide bonds. The second kappa shape index (κ2) is 5.41. The minimum atomic E-state index is 0.187. The SMILES string of the molecule is O=C(CCCCCl)NCC1CC1. The van der Waals surface area contributed by atoms with Crippen molar-refractivity contribution in [2.45, 2.75) is 32.1 Å². The van der Waals surface area contributed by atoms with Crippen molar-refractivity contribution in [1.29, 1.82) is 0 Å². The molecule has 0 aromatic rings. The maximum absolute atomic E-state index is 11.1. The van der Waals surface area contributed by atoms with Gasteiger partial charge < -0.3 is 5.32 Å². The molecule has 3 heteroatoms. The Kier molecular flexibility index (Phi) is 4.44. The summed E-state index contributed by atoms with van der Waals surface area (Å²) >= 11 is 5.49. The quantitative estimate of drug-likeness (QED) is 0.502. The van der Waals surface area contributed by atoms with Crippen LogP contribution in [-0.2, 0) is 4.79 Å². The van der Waals surface area contributed by atoms with Crippen LogP contribution < -0.4 is 5.32 Å². The largest absolute Gasteiger partial charge is 0.356 e. The number of hydrogen-bond donors (Lipinski definition) is 1. The Balaban J connectivity index is 1.88. The minimum absolute atomic E-state index is 0.187. The van der Waals surface area contributed by atoms with E-state index in [4.69, 9.17) is 11.6 Å². The Morgan fingerprint density at radius 2 is 2.17 bits per heavy atom. The first-order chi connectivity index (χ1) is 5.83. The summed E-state index contributed by atoms with van der Waals surface area (Å²) in [5, 5.41) is 2.92. The first kappa shape index (κ1) is 9.85. The van der Waals surface area contributed by atoms with E-state index in [9.17, 15) is 4.79 Å². The Hall–Kier alpha value is -0.240. The molecule has 0 aliphatic heterocycles. The predicted octanol–water partition coefficient (Wildman–Crippen LogP) is 1.92. The molecule has 70 valence electrons. The van der Waals surface area contributed by atoms with Gasteiger partial charge >= 0.3 is 0 Å². The van der Waals surface area contributed by atoms with Crippen LogP contribution in [0.1, 0.15) is 32.1 Å². The molecule has 1 fully saturated rings. The van der Waals surface area contributed by atoms with Gasteiger partial charge in [0, 0.05) is 18.8 Å². The monoisotopic (exact) mass is 189 g/mol. The Labute approximate surface area is 78.7 Å². The van der Waals surface area contributed by atoms with Crippen LogP contribution in [0.15, 0.2) is 0 Å². The molecule has 0 aromatic heterocycles. The molecular formula is C9H16ClNO. The van der Waals surface area contributed by atoms with Gasteiger partial charge in [0.25, 0.3) is 0 Å². The minimum Gasteiger partial charge on any atom is -0.356 e. The Bertz CT molecular complexity index is 145. The Morgan fingerprint density at radius 3 is 2.75 bits per heavy atom. The van der Waals surface area contributed by atoms with Crippen molar-refractivity contribution in [3.63, 3.8) is 0 Å². The zero-order chi connectivity index (χ0) is 8.81. The van der Waals surface area contributed by atoms with Crippen LogP contribution in [0.25, 0.3) is 0 Å². The maximum Gasteiger partial charge on any atom is 0.220 e. The number of carbonyl (C=O) groups is 1. The lowest BCUT2D eigenvalue weighted by Crippen LogP contribution is -2.25. The van der Waals surface area contributed by atoms with Gasteiger partial charge in [-0.2, -0.15) is 0 Å². The van der Waals surface area contributed by atoms with Crippen LogP contribution in [0.5, 0.6) is 0 Å². The van der Waals surface area contributed by atoms with Gasteiger partial charge in [-0.3, -0.25) is 4.79 Å². The van der Waals surface area contributed by atoms with Gasteiger partial charge in [0.1, 0.15) is 0 Å². The second-order valence-corrected chi connectivity index (χ2v) is 3.77. The van der Waals surface area contributed by atoms with Crippen LogP contribution in [0, 0.1) is 5.92 Å². The third-order valence-electron chi connectivity index (χ3n) is 2.07. The number of unbranched alkanes of at least 4 members (excludes halogenated alkanes) is 1. The third-order valence-corrected chi connectivity index (χ3v) is 2.34. The zero-order valence-corrected chi connectivity index (χ0v) is 8.07. The molecule has 1 rings (SSSR count). The van der Waals surface area contributed by atoms with E-state index in [0.29, 0.717) is 12.3 Å². The highest BCUT2D eigenvalue weighted by Gasteiger charge is 2.21. The van der Waals surface area contributed by atoms with Crippen LogP contribution in [0.2, 0.25) is 0 Å². The van der Waals surface area contributed by atoms with Crippen LogP contribution in [0.3, 0.4) is 0 Å². The van der Waals surface area contributed by atoms with Crippen molar-refractivity contribution in [3.8, 4) is 0 Å². The molecule has 0 radical (unpaired) electrons. The molecule has 0 unspecified atom stereocenters. The van der Waals surface area contributed by atoms with Gasteiger partial charge in [0.2, 0.25) is 5.91 Å². The molecule has 2 nitrogen and oxygen atoms in total. The van der Waals surface area contributed by atoms with Crippen molar-refractivity contribution < 1.29 is 4.79 Å². The summed E-state index contributed by atoms with van der Waals surface area (Å²) in [5.41, 5.74) is 0. The van der Waals surface area contributed by atoms with E-state index in [1.54, 1.807) is 0 Å². The molecular weight excluding hydrogens is 174 g/mol. The Morgan fingerprint density at radius 1 is 1.42 bits per heavy atom. The summed E-state index contributed by atoms with van der Waals surface area (Å²) in [4.78, 5) is 11.1. The fraction of sp³-hybridized carbons (Fsp3) is 0.889. The number of rotatable bonds is 6. The second-order valence-electron chi connectivity index (χ2n) is 3.39. The summed E-state index contributed by atoms with van der Waals surface area (Å²) in [7, 11) is 0. The van der Waals surface area contributed by atoms with E-state index in [0.717, 1.165) is 25.3 Å². The summed E-state index contributed by atoms with van der Waals surface area (Å²) in [6.45, 7) is 0.889. The molecule has 1 aliphatic rings. The van der Waals surface area contributed by atoms with Gasteiger partial charge in [-0.25, -0.2) is 0 Å². The number of amides is 1.